The van der Waals surface area contributed by atoms with Gasteiger partial charge in [0.1, 0.15) is 0 Å². The van der Waals surface area contributed by atoms with E-state index in [4.69, 9.17) is 0 Å². The van der Waals surface area contributed by atoms with Gasteiger partial charge in [0.15, 0.2) is 0 Å². The number of aromatic nitrogens is 1. The molecule has 1 aromatic carbocycles. The molecule has 0 atom stereocenters. The molecule has 0 fully saturated rings. The van der Waals surface area contributed by atoms with Gasteiger partial charge in [-0.2, -0.15) is 0 Å². The molecule has 0 aliphatic carbocycles. The fourth-order valence-corrected chi connectivity index (χ4v) is 2.36. The van der Waals surface area contributed by atoms with Crippen LogP contribution in [0.3, 0.4) is 0 Å². The largest absolute Gasteiger partial charge is 0.305 e. The van der Waals surface area contributed by atoms with Crippen LogP contribution in [0.25, 0.3) is 10.9 Å². The lowest BCUT2D eigenvalue weighted by Gasteiger charge is -2.13. The van der Waals surface area contributed by atoms with Crippen LogP contribution in [0.4, 0.5) is 0 Å². The van der Waals surface area contributed by atoms with E-state index in [2.05, 4.69) is 62.9 Å². The predicted octanol–water partition coefficient (Wildman–Crippen LogP) is 4.25. The van der Waals surface area contributed by atoms with Crippen molar-refractivity contribution < 1.29 is 0 Å². The minimum atomic E-state index is 0.976. The van der Waals surface area contributed by atoms with Crippen LogP contribution < -0.4 is 0 Å². The van der Waals surface area contributed by atoms with Crippen molar-refractivity contribution >= 4 is 10.9 Å². The first-order chi connectivity index (χ1) is 8.97. The maximum Gasteiger partial charge on any atom is 0.0737 e. The lowest BCUT2D eigenvalue weighted by atomic mass is 10.0. The van der Waals surface area contributed by atoms with Gasteiger partial charge in [-0.15, -0.1) is 0 Å². The van der Waals surface area contributed by atoms with Gasteiger partial charge in [0.25, 0.3) is 0 Å². The molecule has 0 spiro atoms. The Morgan fingerprint density at radius 1 is 0.947 bits per heavy atom. The van der Waals surface area contributed by atoms with Crippen molar-refractivity contribution in [3.05, 3.63) is 40.6 Å². The third-order valence-electron chi connectivity index (χ3n) is 3.00. The quantitative estimate of drug-likeness (QED) is 0.800. The van der Waals surface area contributed by atoms with E-state index in [0.29, 0.717) is 0 Å². The van der Waals surface area contributed by atoms with Crippen molar-refractivity contribution in [2.24, 2.45) is 0 Å². The molecule has 0 saturated heterocycles. The summed E-state index contributed by atoms with van der Waals surface area (Å²) < 4.78 is 0. The Kier molecular flexibility index (Phi) is 5.49. The Morgan fingerprint density at radius 3 is 2.16 bits per heavy atom. The normalized spacial score (nSPS) is 10.5. The molecule has 2 heteroatoms. The second-order valence-electron chi connectivity index (χ2n) is 5.13. The van der Waals surface area contributed by atoms with Gasteiger partial charge in [-0.1, -0.05) is 19.9 Å². The molecule has 2 nitrogen and oxygen atoms in total. The van der Waals surface area contributed by atoms with Crippen LogP contribution >= 0.6 is 0 Å². The van der Waals surface area contributed by atoms with Gasteiger partial charge in [0, 0.05) is 17.6 Å². The lowest BCUT2D eigenvalue weighted by Crippen LogP contribution is -2.10. The van der Waals surface area contributed by atoms with E-state index in [1.807, 2.05) is 13.8 Å². The first kappa shape index (κ1) is 15.6. The van der Waals surface area contributed by atoms with Gasteiger partial charge in [-0.25, -0.2) is 0 Å². The van der Waals surface area contributed by atoms with E-state index >= 15 is 0 Å². The number of benzene rings is 1. The molecule has 0 radical (unpaired) electrons. The van der Waals surface area contributed by atoms with Gasteiger partial charge in [0.2, 0.25) is 0 Å². The van der Waals surface area contributed by atoms with Crippen LogP contribution in [0.15, 0.2) is 18.2 Å². The summed E-state index contributed by atoms with van der Waals surface area (Å²) in [5.41, 5.74) is 6.18. The van der Waals surface area contributed by atoms with E-state index in [1.54, 1.807) is 0 Å². The Bertz CT molecular complexity index is 557. The molecule has 0 aliphatic rings. The Hall–Kier alpha value is -1.41. The average molecular weight is 258 g/mol. The number of hydrogen-bond acceptors (Lipinski definition) is 2. The first-order valence-electron chi connectivity index (χ1n) is 6.99. The molecule has 2 aromatic rings. The molecule has 19 heavy (non-hydrogen) atoms. The summed E-state index contributed by atoms with van der Waals surface area (Å²) in [6.45, 7) is 11.3. The predicted molar refractivity (Wildman–Crippen MR) is 84.7 cm³/mol. The summed E-state index contributed by atoms with van der Waals surface area (Å²) in [7, 11) is 4.19. The molecule has 1 aromatic heterocycles. The minimum absolute atomic E-state index is 0.976. The van der Waals surface area contributed by atoms with Crippen molar-refractivity contribution in [1.82, 2.24) is 9.88 Å². The third kappa shape index (κ3) is 3.77. The topological polar surface area (TPSA) is 16.1 Å². The minimum Gasteiger partial charge on any atom is -0.305 e. The van der Waals surface area contributed by atoms with Gasteiger partial charge in [-0.05, 0) is 63.7 Å². The molecule has 0 amide bonds. The molecule has 0 aliphatic heterocycles. The Balaban J connectivity index is 0.000000861. The van der Waals surface area contributed by atoms with Gasteiger partial charge < -0.3 is 4.90 Å². The molecule has 1 heterocycles. The second kappa shape index (κ2) is 6.67. The zero-order valence-electron chi connectivity index (χ0n) is 13.3. The zero-order chi connectivity index (χ0) is 14.6. The van der Waals surface area contributed by atoms with E-state index < -0.39 is 0 Å². The van der Waals surface area contributed by atoms with Crippen LogP contribution in [0.2, 0.25) is 0 Å². The number of rotatable bonds is 2. The SMILES string of the molecule is CC.Cc1cc(C)c2cc(CN(C)C)cc(C)c2n1. The monoisotopic (exact) mass is 258 g/mol. The first-order valence-corrected chi connectivity index (χ1v) is 6.99. The van der Waals surface area contributed by atoms with Crippen molar-refractivity contribution in [3.8, 4) is 0 Å². The standard InChI is InChI=1S/C15H20N2.C2H6/c1-10-6-12(3)16-15-11(2)7-13(8-14(10)15)9-17(4)5;1-2/h6-8H,9H2,1-5H3;1-2H3. The maximum atomic E-state index is 4.64. The molecular weight excluding hydrogens is 232 g/mol. The summed E-state index contributed by atoms with van der Waals surface area (Å²) in [4.78, 5) is 6.83. The van der Waals surface area contributed by atoms with Crippen LogP contribution in [-0.2, 0) is 6.54 Å². The number of pyridine rings is 1. The summed E-state index contributed by atoms with van der Waals surface area (Å²) in [6.07, 6.45) is 0. The van der Waals surface area contributed by atoms with Gasteiger partial charge >= 0.3 is 0 Å². The Morgan fingerprint density at radius 2 is 1.58 bits per heavy atom. The van der Waals surface area contributed by atoms with Gasteiger partial charge in [-0.3, -0.25) is 4.98 Å². The number of aryl methyl sites for hydroxylation is 3. The van der Waals surface area contributed by atoms with Crippen LogP contribution in [0, 0.1) is 20.8 Å². The van der Waals surface area contributed by atoms with Crippen LogP contribution in [-0.4, -0.2) is 24.0 Å². The van der Waals surface area contributed by atoms with Crippen LogP contribution in [0.5, 0.6) is 0 Å². The molecule has 0 bridgehead atoms. The van der Waals surface area contributed by atoms with E-state index in [-0.39, 0.29) is 0 Å². The van der Waals surface area contributed by atoms with Crippen molar-refractivity contribution in [2.45, 2.75) is 41.2 Å². The molecule has 2 rings (SSSR count). The van der Waals surface area contributed by atoms with Gasteiger partial charge in [0.05, 0.1) is 5.52 Å². The lowest BCUT2D eigenvalue weighted by molar-refractivity contribution is 0.402. The Labute approximate surface area is 117 Å². The fraction of sp³-hybridized carbons (Fsp3) is 0.471. The maximum absolute atomic E-state index is 4.64. The molecule has 0 N–H and O–H groups in total. The highest BCUT2D eigenvalue weighted by Gasteiger charge is 2.06. The molecule has 104 valence electrons. The average Bonchev–Trinajstić information content (AvgIpc) is 2.33. The summed E-state index contributed by atoms with van der Waals surface area (Å²) in [5, 5.41) is 1.28. The highest BCUT2D eigenvalue weighted by Crippen LogP contribution is 2.23. The van der Waals surface area contributed by atoms with Crippen molar-refractivity contribution in [1.29, 1.82) is 0 Å². The number of nitrogens with zero attached hydrogens (tertiary/aromatic N) is 2. The summed E-state index contributed by atoms with van der Waals surface area (Å²) in [5.74, 6) is 0. The van der Waals surface area contributed by atoms with Crippen molar-refractivity contribution in [2.75, 3.05) is 14.1 Å². The number of fused-ring (bicyclic) bond motifs is 1. The van der Waals surface area contributed by atoms with E-state index in [9.17, 15) is 0 Å². The number of hydrogen-bond donors (Lipinski definition) is 0. The molecule has 0 unspecified atom stereocenters. The second-order valence-corrected chi connectivity index (χ2v) is 5.13. The van der Waals surface area contributed by atoms with E-state index in [1.165, 1.54) is 22.1 Å². The fourth-order valence-electron chi connectivity index (χ4n) is 2.36. The molecule has 0 saturated carbocycles. The highest BCUT2D eigenvalue weighted by atomic mass is 15.0. The van der Waals surface area contributed by atoms with Crippen LogP contribution in [0.1, 0.15) is 36.2 Å². The highest BCUT2D eigenvalue weighted by molar-refractivity contribution is 5.85. The third-order valence-corrected chi connectivity index (χ3v) is 3.00. The smallest absolute Gasteiger partial charge is 0.0737 e. The zero-order valence-corrected chi connectivity index (χ0v) is 13.3. The van der Waals surface area contributed by atoms with E-state index in [0.717, 1.165) is 17.8 Å². The summed E-state index contributed by atoms with van der Waals surface area (Å²) in [6, 6.07) is 6.67. The molecular formula is C17H26N2. The summed E-state index contributed by atoms with van der Waals surface area (Å²) >= 11 is 0. The van der Waals surface area contributed by atoms with Crippen molar-refractivity contribution in [3.63, 3.8) is 0 Å².